The van der Waals surface area contributed by atoms with Crippen LogP contribution in [0.15, 0.2) is 23.4 Å². The molecule has 0 bridgehead atoms. The smallest absolute Gasteiger partial charge is 0.328 e. The summed E-state index contributed by atoms with van der Waals surface area (Å²) in [5.74, 6) is -0.375. The van der Waals surface area contributed by atoms with Crippen LogP contribution in [0.3, 0.4) is 0 Å². The van der Waals surface area contributed by atoms with E-state index in [0.29, 0.717) is 29.2 Å². The maximum absolute atomic E-state index is 12.8. The normalized spacial score (nSPS) is 12.9. The molecule has 1 aromatic heterocycles. The van der Waals surface area contributed by atoms with E-state index in [1.54, 1.807) is 30.1 Å². The lowest BCUT2D eigenvalue weighted by Crippen LogP contribution is -2.52. The van der Waals surface area contributed by atoms with Crippen LogP contribution in [0.1, 0.15) is 37.0 Å². The van der Waals surface area contributed by atoms with Gasteiger partial charge in [0, 0.05) is 6.20 Å². The molecule has 7 nitrogen and oxygen atoms in total. The lowest BCUT2D eigenvalue weighted by Gasteiger charge is -2.23. The van der Waals surface area contributed by atoms with Crippen molar-refractivity contribution in [2.75, 3.05) is 25.4 Å². The molecule has 28 heavy (non-hydrogen) atoms. The topological polar surface area (TPSA) is 97.4 Å². The number of methoxy groups -OCH3 is 1. The molecule has 0 radical (unpaired) electrons. The zero-order valence-electron chi connectivity index (χ0n) is 17.0. The highest BCUT2D eigenvalue weighted by atomic mass is 32.2. The lowest BCUT2D eigenvalue weighted by atomic mass is 10.0. The summed E-state index contributed by atoms with van der Waals surface area (Å²) in [5.41, 5.74) is 0.420. The molecule has 0 spiro atoms. The van der Waals surface area contributed by atoms with Gasteiger partial charge in [0.2, 0.25) is 5.91 Å². The number of nitrogens with one attached hydrogen (secondary N) is 2. The second-order valence-electron chi connectivity index (χ2n) is 6.58. The number of pyridine rings is 1. The van der Waals surface area contributed by atoms with Crippen molar-refractivity contribution in [1.82, 2.24) is 15.6 Å². The van der Waals surface area contributed by atoms with E-state index in [1.807, 2.05) is 26.4 Å². The first-order valence-corrected chi connectivity index (χ1v) is 11.6. The first-order valence-electron chi connectivity index (χ1n) is 9.01. The molecule has 9 heteroatoms. The predicted octanol–water partition coefficient (Wildman–Crippen LogP) is 2.36. The van der Waals surface area contributed by atoms with E-state index in [4.69, 9.17) is 4.74 Å². The third kappa shape index (κ3) is 7.71. The van der Waals surface area contributed by atoms with E-state index in [2.05, 4.69) is 15.6 Å². The molecule has 0 aliphatic rings. The molecule has 0 unspecified atom stereocenters. The van der Waals surface area contributed by atoms with Crippen LogP contribution in [-0.4, -0.2) is 60.2 Å². The molecule has 2 atom stereocenters. The zero-order valence-corrected chi connectivity index (χ0v) is 18.6. The number of amides is 2. The van der Waals surface area contributed by atoms with Gasteiger partial charge in [0.15, 0.2) is 0 Å². The van der Waals surface area contributed by atoms with Crippen LogP contribution in [0.2, 0.25) is 0 Å². The minimum Gasteiger partial charge on any atom is -0.467 e. The predicted molar refractivity (Wildman–Crippen MR) is 114 cm³/mol. The lowest BCUT2D eigenvalue weighted by molar-refractivity contribution is -0.145. The third-order valence-corrected chi connectivity index (χ3v) is 5.31. The second kappa shape index (κ2) is 12.7. The van der Waals surface area contributed by atoms with Crippen LogP contribution >= 0.6 is 23.5 Å². The molecule has 0 saturated heterocycles. The average Bonchev–Trinajstić information content (AvgIpc) is 2.69. The number of hydrogen-bond acceptors (Lipinski definition) is 7. The van der Waals surface area contributed by atoms with Gasteiger partial charge < -0.3 is 15.4 Å². The van der Waals surface area contributed by atoms with Crippen LogP contribution in [0.5, 0.6) is 0 Å². The van der Waals surface area contributed by atoms with Crippen molar-refractivity contribution in [3.8, 4) is 0 Å². The van der Waals surface area contributed by atoms with Crippen molar-refractivity contribution in [1.29, 1.82) is 0 Å². The van der Waals surface area contributed by atoms with E-state index in [-0.39, 0.29) is 11.8 Å². The molecule has 1 heterocycles. The molecule has 156 valence electrons. The molecule has 0 aliphatic carbocycles. The van der Waals surface area contributed by atoms with Gasteiger partial charge in [-0.3, -0.25) is 9.59 Å². The number of nitrogens with zero attached hydrogens (tertiary/aromatic N) is 1. The van der Waals surface area contributed by atoms with E-state index in [0.717, 1.165) is 0 Å². The number of carbonyl (C=O) groups is 3. The maximum atomic E-state index is 12.8. The van der Waals surface area contributed by atoms with Gasteiger partial charge in [0.05, 0.1) is 12.7 Å². The molecular formula is C19H29N3O4S2. The van der Waals surface area contributed by atoms with E-state index >= 15 is 0 Å². The molecule has 2 N–H and O–H groups in total. The standard InChI is InChI=1S/C19H29N3O4S2/c1-12(2)11-15(17(24)21-14(8-10-27-4)19(25)26-3)22-16(23)13-7-6-9-20-18(13)28-5/h6-7,9,12,14-15H,8,10-11H2,1-5H3,(H,21,24)(H,22,23)/t14-,15+/m1/s1. The minimum atomic E-state index is -0.760. The number of ether oxygens (including phenoxy) is 1. The molecular weight excluding hydrogens is 398 g/mol. The van der Waals surface area contributed by atoms with Gasteiger partial charge in [-0.05, 0) is 49.2 Å². The second-order valence-corrected chi connectivity index (χ2v) is 8.36. The van der Waals surface area contributed by atoms with Crippen LogP contribution in [0.25, 0.3) is 0 Å². The van der Waals surface area contributed by atoms with Crippen molar-refractivity contribution in [3.05, 3.63) is 23.9 Å². The Balaban J connectivity index is 2.94. The number of aromatic nitrogens is 1. The molecule has 0 aliphatic heterocycles. The van der Waals surface area contributed by atoms with Crippen LogP contribution in [0.4, 0.5) is 0 Å². The summed E-state index contributed by atoms with van der Waals surface area (Å²) < 4.78 is 4.79. The zero-order chi connectivity index (χ0) is 21.1. The third-order valence-electron chi connectivity index (χ3n) is 3.95. The summed E-state index contributed by atoms with van der Waals surface area (Å²) >= 11 is 2.94. The quantitative estimate of drug-likeness (QED) is 0.413. The van der Waals surface area contributed by atoms with Gasteiger partial charge in [-0.1, -0.05) is 13.8 Å². The van der Waals surface area contributed by atoms with E-state index in [9.17, 15) is 14.4 Å². The number of carbonyl (C=O) groups excluding carboxylic acids is 3. The minimum absolute atomic E-state index is 0.174. The Labute approximate surface area is 175 Å². The monoisotopic (exact) mass is 427 g/mol. The fourth-order valence-electron chi connectivity index (χ4n) is 2.56. The number of esters is 1. The highest BCUT2D eigenvalue weighted by Gasteiger charge is 2.28. The van der Waals surface area contributed by atoms with Crippen molar-refractivity contribution < 1.29 is 19.1 Å². The number of thioether (sulfide) groups is 2. The van der Waals surface area contributed by atoms with Gasteiger partial charge in [0.1, 0.15) is 17.1 Å². The Morgan fingerprint density at radius 1 is 1.18 bits per heavy atom. The molecule has 0 aromatic carbocycles. The fraction of sp³-hybridized carbons (Fsp3) is 0.579. The molecule has 0 fully saturated rings. The van der Waals surface area contributed by atoms with E-state index < -0.39 is 24.0 Å². The van der Waals surface area contributed by atoms with Crippen molar-refractivity contribution in [2.45, 2.75) is 43.8 Å². The Bertz CT molecular complexity index is 670. The Morgan fingerprint density at radius 3 is 2.46 bits per heavy atom. The maximum Gasteiger partial charge on any atom is 0.328 e. The summed E-state index contributed by atoms with van der Waals surface area (Å²) in [7, 11) is 1.29. The molecule has 2 amide bonds. The van der Waals surface area contributed by atoms with Crippen molar-refractivity contribution in [2.24, 2.45) is 5.92 Å². The molecule has 0 saturated carbocycles. The van der Waals surface area contributed by atoms with Gasteiger partial charge >= 0.3 is 5.97 Å². The fourth-order valence-corrected chi connectivity index (χ4v) is 3.58. The van der Waals surface area contributed by atoms with Crippen LogP contribution in [0, 0.1) is 5.92 Å². The number of hydrogen-bond donors (Lipinski definition) is 2. The largest absolute Gasteiger partial charge is 0.467 e. The Hall–Kier alpha value is -1.74. The first-order chi connectivity index (χ1) is 13.3. The summed E-state index contributed by atoms with van der Waals surface area (Å²) in [4.78, 5) is 41.7. The van der Waals surface area contributed by atoms with Gasteiger partial charge in [-0.15, -0.1) is 11.8 Å². The number of rotatable bonds is 11. The summed E-state index contributed by atoms with van der Waals surface area (Å²) in [6.07, 6.45) is 6.29. The average molecular weight is 428 g/mol. The van der Waals surface area contributed by atoms with Gasteiger partial charge in [0.25, 0.3) is 5.91 Å². The van der Waals surface area contributed by atoms with E-state index in [1.165, 1.54) is 18.9 Å². The highest BCUT2D eigenvalue weighted by molar-refractivity contribution is 7.98. The summed E-state index contributed by atoms with van der Waals surface area (Å²) in [6, 6.07) is 1.86. The molecule has 1 rings (SSSR count). The van der Waals surface area contributed by atoms with Crippen molar-refractivity contribution in [3.63, 3.8) is 0 Å². The summed E-state index contributed by atoms with van der Waals surface area (Å²) in [6.45, 7) is 3.94. The van der Waals surface area contributed by atoms with Gasteiger partial charge in [-0.2, -0.15) is 11.8 Å². The summed E-state index contributed by atoms with van der Waals surface area (Å²) in [5, 5.41) is 6.12. The highest BCUT2D eigenvalue weighted by Crippen LogP contribution is 2.17. The first kappa shape index (κ1) is 24.3. The van der Waals surface area contributed by atoms with Crippen molar-refractivity contribution >= 4 is 41.3 Å². The SMILES string of the molecule is COC(=O)[C@@H](CCSC)NC(=O)[C@H](CC(C)C)NC(=O)c1cccnc1SC. The Kier molecular flexibility index (Phi) is 11.0. The van der Waals surface area contributed by atoms with Gasteiger partial charge in [-0.25, -0.2) is 9.78 Å². The van der Waals surface area contributed by atoms with Crippen LogP contribution < -0.4 is 10.6 Å². The van der Waals surface area contributed by atoms with Crippen LogP contribution in [-0.2, 0) is 14.3 Å². The Morgan fingerprint density at radius 2 is 1.89 bits per heavy atom. The molecule has 1 aromatic rings.